The van der Waals surface area contributed by atoms with Crippen molar-refractivity contribution in [3.63, 3.8) is 0 Å². The molecule has 1 amide bonds. The number of rotatable bonds is 9. The van der Waals surface area contributed by atoms with Crippen LogP contribution in [0.15, 0.2) is 82.6 Å². The topological polar surface area (TPSA) is 59.0 Å². The Morgan fingerprint density at radius 2 is 1.88 bits per heavy atom. The molecule has 33 heavy (non-hydrogen) atoms. The van der Waals surface area contributed by atoms with Crippen molar-refractivity contribution in [2.24, 2.45) is 0 Å². The van der Waals surface area contributed by atoms with Crippen LogP contribution in [0.4, 0.5) is 4.79 Å². The van der Waals surface area contributed by atoms with Crippen LogP contribution in [0.5, 0.6) is 5.75 Å². The second-order valence-corrected chi connectivity index (χ2v) is 9.65. The Kier molecular flexibility index (Phi) is 7.48. The average molecular weight is 484 g/mol. The van der Waals surface area contributed by atoms with Gasteiger partial charge in [0.05, 0.1) is 6.61 Å². The number of amides is 1. The highest BCUT2D eigenvalue weighted by molar-refractivity contribution is 7.99. The van der Waals surface area contributed by atoms with Crippen molar-refractivity contribution in [1.29, 1.82) is 0 Å². The van der Waals surface area contributed by atoms with Crippen molar-refractivity contribution in [3.8, 4) is 5.75 Å². The van der Waals surface area contributed by atoms with Gasteiger partial charge in [0.25, 0.3) is 0 Å². The normalized spacial score (nSPS) is 17.8. The summed E-state index contributed by atoms with van der Waals surface area (Å²) in [7, 11) is 1.66. The Bertz CT molecular complexity index is 1110. The largest absolute Gasteiger partial charge is 0.489 e. The standard InChI is InChI=1S/C26H26ClNO4S/c1-28-25(30)32-18-26(28,17-29)13-12-20-10-11-23(15-24(20)27)33-22-9-5-8-21(14-22)31-16-19-6-3-2-4-7-19/h2-11,14-15,29H,12-13,16-18H2,1H3. The van der Waals surface area contributed by atoms with Crippen molar-refractivity contribution in [2.45, 2.75) is 34.8 Å². The first-order valence-corrected chi connectivity index (χ1v) is 11.9. The maximum absolute atomic E-state index is 11.7. The molecular formula is C26H26ClNO4S. The molecule has 1 aliphatic heterocycles. The molecule has 1 aliphatic rings. The van der Waals surface area contributed by atoms with E-state index < -0.39 is 11.6 Å². The van der Waals surface area contributed by atoms with E-state index in [2.05, 4.69) is 0 Å². The number of aliphatic hydroxyl groups excluding tert-OH is 1. The van der Waals surface area contributed by atoms with Crippen LogP contribution in [0, 0.1) is 0 Å². The second-order valence-electron chi connectivity index (χ2n) is 8.10. The summed E-state index contributed by atoms with van der Waals surface area (Å²) < 4.78 is 11.0. The third-order valence-electron chi connectivity index (χ3n) is 5.92. The molecule has 172 valence electrons. The molecule has 0 aliphatic carbocycles. The summed E-state index contributed by atoms with van der Waals surface area (Å²) in [6.07, 6.45) is 0.796. The van der Waals surface area contributed by atoms with E-state index in [4.69, 9.17) is 21.1 Å². The molecule has 5 nitrogen and oxygen atoms in total. The number of carbonyl (C=O) groups is 1. The predicted molar refractivity (Wildman–Crippen MR) is 130 cm³/mol. The summed E-state index contributed by atoms with van der Waals surface area (Å²) in [5.74, 6) is 0.818. The summed E-state index contributed by atoms with van der Waals surface area (Å²) in [5, 5.41) is 10.5. The second kappa shape index (κ2) is 10.5. The number of aryl methyl sites for hydroxylation is 1. The summed E-state index contributed by atoms with van der Waals surface area (Å²) in [5.41, 5.74) is 1.40. The molecule has 1 fully saturated rings. The minimum atomic E-state index is -0.700. The molecule has 1 heterocycles. The lowest BCUT2D eigenvalue weighted by atomic mass is 9.92. The van der Waals surface area contributed by atoms with Gasteiger partial charge < -0.3 is 14.6 Å². The predicted octanol–water partition coefficient (Wildman–Crippen LogP) is 5.82. The number of carbonyl (C=O) groups excluding carboxylic acids is 1. The van der Waals surface area contributed by atoms with E-state index in [1.54, 1.807) is 18.8 Å². The van der Waals surface area contributed by atoms with Gasteiger partial charge in [-0.05, 0) is 54.3 Å². The molecule has 0 radical (unpaired) electrons. The van der Waals surface area contributed by atoms with Gasteiger partial charge in [0.2, 0.25) is 0 Å². The van der Waals surface area contributed by atoms with Crippen molar-refractivity contribution in [1.82, 2.24) is 4.90 Å². The van der Waals surface area contributed by atoms with Crippen LogP contribution in [0.25, 0.3) is 0 Å². The number of benzene rings is 3. The van der Waals surface area contributed by atoms with Crippen LogP contribution >= 0.6 is 23.4 Å². The van der Waals surface area contributed by atoms with E-state index in [-0.39, 0.29) is 13.2 Å². The van der Waals surface area contributed by atoms with E-state index >= 15 is 0 Å². The first-order chi connectivity index (χ1) is 16.0. The Hall–Kier alpha value is -2.67. The van der Waals surface area contributed by atoms with Crippen LogP contribution in [-0.2, 0) is 17.8 Å². The highest BCUT2D eigenvalue weighted by Crippen LogP contribution is 2.34. The molecular weight excluding hydrogens is 458 g/mol. The quantitative estimate of drug-likeness (QED) is 0.416. The monoisotopic (exact) mass is 483 g/mol. The van der Waals surface area contributed by atoms with Crippen LogP contribution in [0.3, 0.4) is 0 Å². The maximum Gasteiger partial charge on any atom is 0.410 e. The molecule has 1 atom stereocenters. The van der Waals surface area contributed by atoms with E-state index in [1.165, 1.54) is 4.90 Å². The maximum atomic E-state index is 11.7. The zero-order valence-electron chi connectivity index (χ0n) is 18.4. The van der Waals surface area contributed by atoms with E-state index in [0.717, 1.165) is 26.7 Å². The Morgan fingerprint density at radius 3 is 2.58 bits per heavy atom. The van der Waals surface area contributed by atoms with Gasteiger partial charge in [0.1, 0.15) is 24.5 Å². The molecule has 7 heteroatoms. The van der Waals surface area contributed by atoms with E-state index in [0.29, 0.717) is 24.5 Å². The first-order valence-electron chi connectivity index (χ1n) is 10.7. The highest BCUT2D eigenvalue weighted by atomic mass is 35.5. The summed E-state index contributed by atoms with van der Waals surface area (Å²) in [6, 6.07) is 24.1. The lowest BCUT2D eigenvalue weighted by molar-refractivity contribution is 0.0922. The van der Waals surface area contributed by atoms with Gasteiger partial charge in [-0.2, -0.15) is 0 Å². The van der Waals surface area contributed by atoms with Crippen molar-refractivity contribution in [2.75, 3.05) is 20.3 Å². The fraction of sp³-hybridized carbons (Fsp3) is 0.269. The number of halogens is 1. The average Bonchev–Trinajstić information content (AvgIpc) is 3.12. The van der Waals surface area contributed by atoms with Crippen LogP contribution in [0.1, 0.15) is 17.5 Å². The number of hydrogen-bond donors (Lipinski definition) is 1. The summed E-state index contributed by atoms with van der Waals surface area (Å²) in [6.45, 7) is 0.563. The fourth-order valence-electron chi connectivity index (χ4n) is 3.72. The van der Waals surface area contributed by atoms with Gasteiger partial charge >= 0.3 is 6.09 Å². The minimum Gasteiger partial charge on any atom is -0.489 e. The third kappa shape index (κ3) is 5.64. The van der Waals surface area contributed by atoms with Crippen LogP contribution in [-0.4, -0.2) is 41.9 Å². The smallest absolute Gasteiger partial charge is 0.410 e. The highest BCUT2D eigenvalue weighted by Gasteiger charge is 2.44. The van der Waals surface area contributed by atoms with Crippen molar-refractivity contribution >= 4 is 29.5 Å². The number of aliphatic hydroxyl groups is 1. The summed E-state index contributed by atoms with van der Waals surface area (Å²) in [4.78, 5) is 15.3. The van der Waals surface area contributed by atoms with Gasteiger partial charge in [-0.25, -0.2) is 4.79 Å². The zero-order chi connectivity index (χ0) is 23.3. The molecule has 0 spiro atoms. The minimum absolute atomic E-state index is 0.149. The molecule has 3 aromatic carbocycles. The number of hydrogen-bond acceptors (Lipinski definition) is 5. The molecule has 3 aromatic rings. The van der Waals surface area contributed by atoms with Crippen LogP contribution in [0.2, 0.25) is 5.02 Å². The van der Waals surface area contributed by atoms with Gasteiger partial charge in [0, 0.05) is 21.9 Å². The van der Waals surface area contributed by atoms with Crippen molar-refractivity contribution < 1.29 is 19.4 Å². The summed E-state index contributed by atoms with van der Waals surface area (Å²) >= 11 is 8.19. The van der Waals surface area contributed by atoms with E-state index in [9.17, 15) is 9.90 Å². The van der Waals surface area contributed by atoms with Gasteiger partial charge in [-0.1, -0.05) is 65.8 Å². The Labute approximate surface area is 203 Å². The van der Waals surface area contributed by atoms with Gasteiger partial charge in [-0.15, -0.1) is 0 Å². The molecule has 0 saturated carbocycles. The Morgan fingerprint density at radius 1 is 1.09 bits per heavy atom. The molecule has 4 rings (SSSR count). The number of cyclic esters (lactones) is 1. The molecule has 0 bridgehead atoms. The molecule has 1 saturated heterocycles. The molecule has 1 N–H and O–H groups in total. The first kappa shape index (κ1) is 23.5. The molecule has 1 unspecified atom stereocenters. The number of ether oxygens (including phenoxy) is 2. The lowest BCUT2D eigenvalue weighted by Gasteiger charge is -2.31. The molecule has 0 aromatic heterocycles. The number of likely N-dealkylation sites (N-methyl/N-ethyl adjacent to an activating group) is 1. The van der Waals surface area contributed by atoms with Crippen molar-refractivity contribution in [3.05, 3.63) is 88.9 Å². The third-order valence-corrected chi connectivity index (χ3v) is 7.25. The van der Waals surface area contributed by atoms with Gasteiger partial charge in [0.15, 0.2) is 0 Å². The SMILES string of the molecule is CN1C(=O)OCC1(CO)CCc1ccc(Sc2cccc(OCc3ccccc3)c2)cc1Cl. The fourth-order valence-corrected chi connectivity index (χ4v) is 4.97. The zero-order valence-corrected chi connectivity index (χ0v) is 19.9. The van der Waals surface area contributed by atoms with E-state index in [1.807, 2.05) is 72.8 Å². The Balaban J connectivity index is 1.38. The number of nitrogens with zero attached hydrogens (tertiary/aromatic N) is 1. The lowest BCUT2D eigenvalue weighted by Crippen LogP contribution is -2.48. The van der Waals surface area contributed by atoms with Gasteiger partial charge in [-0.3, -0.25) is 4.90 Å². The van der Waals surface area contributed by atoms with Crippen LogP contribution < -0.4 is 4.74 Å².